The molecule has 0 spiro atoms. The van der Waals surface area contributed by atoms with E-state index < -0.39 is 0 Å². The number of anilines is 1. The molecule has 6 heteroatoms. The van der Waals surface area contributed by atoms with E-state index in [4.69, 9.17) is 11.6 Å². The lowest BCUT2D eigenvalue weighted by Gasteiger charge is -2.03. The molecule has 0 radical (unpaired) electrons. The Morgan fingerprint density at radius 3 is 2.57 bits per heavy atom. The third kappa shape index (κ3) is 3.75. The number of carbonyl (C=O) groups is 1. The number of halogens is 1. The van der Waals surface area contributed by atoms with Crippen LogP contribution in [0, 0.1) is 13.8 Å². The van der Waals surface area contributed by atoms with E-state index in [0.29, 0.717) is 15.8 Å². The van der Waals surface area contributed by atoms with Gasteiger partial charge < -0.3 is 0 Å². The van der Waals surface area contributed by atoms with Crippen LogP contribution in [0.5, 0.6) is 0 Å². The number of nitrogens with zero attached hydrogens (tertiary/aromatic N) is 2. The number of thiazole rings is 1. The second-order valence-electron chi connectivity index (χ2n) is 5.17. The summed E-state index contributed by atoms with van der Waals surface area (Å²) in [5.74, 6) is -0.256. The molecule has 0 fully saturated rings. The lowest BCUT2D eigenvalue weighted by Crippen LogP contribution is -2.14. The van der Waals surface area contributed by atoms with Gasteiger partial charge in [-0.2, -0.15) is 0 Å². The van der Waals surface area contributed by atoms with Crippen LogP contribution < -0.4 is 5.32 Å². The van der Waals surface area contributed by atoms with E-state index in [-0.39, 0.29) is 5.91 Å². The zero-order valence-electron chi connectivity index (χ0n) is 12.6. The van der Waals surface area contributed by atoms with Crippen molar-refractivity contribution in [1.29, 1.82) is 0 Å². The Balaban J connectivity index is 1.78. The van der Waals surface area contributed by atoms with Crippen molar-refractivity contribution >= 4 is 34.0 Å². The number of hydrogen-bond donors (Lipinski definition) is 1. The van der Waals surface area contributed by atoms with Crippen LogP contribution in [0.4, 0.5) is 5.13 Å². The second kappa shape index (κ2) is 6.48. The number of amides is 1. The van der Waals surface area contributed by atoms with Crippen molar-refractivity contribution in [3.05, 3.63) is 63.8 Å². The standard InChI is InChI=1S/C17H14ClN3OS/c1-10-7-11(2)19-14(8-10)16(22)21-17-20-15(9-23-17)12-3-5-13(18)6-4-12/h3-9H,1-2H3,(H,20,21,22). The van der Waals surface area contributed by atoms with Crippen molar-refractivity contribution in [1.82, 2.24) is 9.97 Å². The first-order chi connectivity index (χ1) is 11.0. The summed E-state index contributed by atoms with van der Waals surface area (Å²) in [7, 11) is 0. The molecule has 0 unspecified atom stereocenters. The van der Waals surface area contributed by atoms with Gasteiger partial charge in [-0.05, 0) is 43.7 Å². The average molecular weight is 344 g/mol. The Bertz CT molecular complexity index is 838. The van der Waals surface area contributed by atoms with E-state index in [9.17, 15) is 4.79 Å². The van der Waals surface area contributed by atoms with E-state index in [1.165, 1.54) is 11.3 Å². The minimum atomic E-state index is -0.256. The fourth-order valence-corrected chi connectivity index (χ4v) is 3.04. The predicted molar refractivity (Wildman–Crippen MR) is 94.2 cm³/mol. The summed E-state index contributed by atoms with van der Waals surface area (Å²) < 4.78 is 0. The number of aryl methyl sites for hydroxylation is 2. The van der Waals surface area contributed by atoms with Crippen LogP contribution in [0.2, 0.25) is 5.02 Å². The predicted octanol–water partition coefficient (Wildman–Crippen LogP) is 4.73. The lowest BCUT2D eigenvalue weighted by atomic mass is 10.2. The molecule has 0 bridgehead atoms. The molecule has 23 heavy (non-hydrogen) atoms. The van der Waals surface area contributed by atoms with Crippen molar-refractivity contribution < 1.29 is 4.79 Å². The third-order valence-corrected chi connectivity index (χ3v) is 4.20. The van der Waals surface area contributed by atoms with Gasteiger partial charge >= 0.3 is 0 Å². The van der Waals surface area contributed by atoms with Gasteiger partial charge in [0, 0.05) is 21.7 Å². The zero-order chi connectivity index (χ0) is 16.4. The average Bonchev–Trinajstić information content (AvgIpc) is 2.95. The van der Waals surface area contributed by atoms with Crippen molar-refractivity contribution in [3.63, 3.8) is 0 Å². The van der Waals surface area contributed by atoms with E-state index in [0.717, 1.165) is 22.5 Å². The molecular formula is C17H14ClN3OS. The highest BCUT2D eigenvalue weighted by atomic mass is 35.5. The molecule has 4 nitrogen and oxygen atoms in total. The van der Waals surface area contributed by atoms with Gasteiger partial charge in [-0.1, -0.05) is 23.7 Å². The van der Waals surface area contributed by atoms with Crippen LogP contribution in [0.1, 0.15) is 21.7 Å². The van der Waals surface area contributed by atoms with Gasteiger partial charge in [0.15, 0.2) is 5.13 Å². The number of pyridine rings is 1. The lowest BCUT2D eigenvalue weighted by molar-refractivity contribution is 0.102. The van der Waals surface area contributed by atoms with E-state index >= 15 is 0 Å². The quantitative estimate of drug-likeness (QED) is 0.748. The van der Waals surface area contributed by atoms with Crippen LogP contribution in [0.25, 0.3) is 11.3 Å². The molecule has 0 aliphatic carbocycles. The topological polar surface area (TPSA) is 54.9 Å². The number of aromatic nitrogens is 2. The molecule has 3 rings (SSSR count). The number of nitrogens with one attached hydrogen (secondary N) is 1. The number of rotatable bonds is 3. The highest BCUT2D eigenvalue weighted by molar-refractivity contribution is 7.14. The van der Waals surface area contributed by atoms with Gasteiger partial charge in [-0.25, -0.2) is 9.97 Å². The van der Waals surface area contributed by atoms with Gasteiger partial charge in [-0.15, -0.1) is 11.3 Å². The maximum Gasteiger partial charge on any atom is 0.276 e. The van der Waals surface area contributed by atoms with Crippen LogP contribution in [-0.2, 0) is 0 Å². The number of hydrogen-bond acceptors (Lipinski definition) is 4. The van der Waals surface area contributed by atoms with Crippen molar-refractivity contribution in [2.24, 2.45) is 0 Å². The van der Waals surface area contributed by atoms with Gasteiger partial charge in [0.2, 0.25) is 0 Å². The molecule has 1 aromatic carbocycles. The van der Waals surface area contributed by atoms with Crippen molar-refractivity contribution in [2.45, 2.75) is 13.8 Å². The molecule has 0 aliphatic rings. The van der Waals surface area contributed by atoms with E-state index in [1.54, 1.807) is 6.07 Å². The van der Waals surface area contributed by atoms with Crippen LogP contribution in [0.15, 0.2) is 41.8 Å². The maximum atomic E-state index is 12.3. The molecular weight excluding hydrogens is 330 g/mol. The molecule has 0 atom stereocenters. The van der Waals surface area contributed by atoms with E-state index in [1.807, 2.05) is 49.6 Å². The van der Waals surface area contributed by atoms with Gasteiger partial charge in [-0.3, -0.25) is 10.1 Å². The molecule has 0 aliphatic heterocycles. The van der Waals surface area contributed by atoms with E-state index in [2.05, 4.69) is 15.3 Å². The summed E-state index contributed by atoms with van der Waals surface area (Å²) in [5, 5.41) is 5.91. The molecule has 3 aromatic rings. The Labute approximate surface area is 143 Å². The summed E-state index contributed by atoms with van der Waals surface area (Å²) >= 11 is 7.26. The monoisotopic (exact) mass is 343 g/mol. The number of carbonyl (C=O) groups excluding carboxylic acids is 1. The summed E-state index contributed by atoms with van der Waals surface area (Å²) in [6.07, 6.45) is 0. The van der Waals surface area contributed by atoms with Crippen LogP contribution in [-0.4, -0.2) is 15.9 Å². The smallest absolute Gasteiger partial charge is 0.276 e. The fourth-order valence-electron chi connectivity index (χ4n) is 2.20. The minimum Gasteiger partial charge on any atom is -0.296 e. The van der Waals surface area contributed by atoms with Gasteiger partial charge in [0.1, 0.15) is 5.69 Å². The van der Waals surface area contributed by atoms with Crippen LogP contribution >= 0.6 is 22.9 Å². The Hall–Kier alpha value is -2.24. The Kier molecular flexibility index (Phi) is 4.41. The first-order valence-corrected chi connectivity index (χ1v) is 8.25. The maximum absolute atomic E-state index is 12.3. The zero-order valence-corrected chi connectivity index (χ0v) is 14.2. The highest BCUT2D eigenvalue weighted by Crippen LogP contribution is 2.26. The summed E-state index contributed by atoms with van der Waals surface area (Å²) in [4.78, 5) is 21.0. The summed E-state index contributed by atoms with van der Waals surface area (Å²) in [6, 6.07) is 11.1. The number of benzene rings is 1. The molecule has 0 saturated heterocycles. The van der Waals surface area contributed by atoms with Gasteiger partial charge in [0.05, 0.1) is 5.69 Å². The normalized spacial score (nSPS) is 10.6. The Morgan fingerprint density at radius 2 is 1.87 bits per heavy atom. The van der Waals surface area contributed by atoms with Gasteiger partial charge in [0.25, 0.3) is 5.91 Å². The Morgan fingerprint density at radius 1 is 1.13 bits per heavy atom. The SMILES string of the molecule is Cc1cc(C)nc(C(=O)Nc2nc(-c3ccc(Cl)cc3)cs2)c1. The van der Waals surface area contributed by atoms with Crippen LogP contribution in [0.3, 0.4) is 0 Å². The third-order valence-electron chi connectivity index (χ3n) is 3.20. The fraction of sp³-hybridized carbons (Fsp3) is 0.118. The first-order valence-electron chi connectivity index (χ1n) is 6.99. The largest absolute Gasteiger partial charge is 0.296 e. The molecule has 2 heterocycles. The molecule has 0 saturated carbocycles. The summed E-state index contributed by atoms with van der Waals surface area (Å²) in [5.41, 5.74) is 3.97. The second-order valence-corrected chi connectivity index (χ2v) is 6.46. The molecule has 116 valence electrons. The molecule has 1 N–H and O–H groups in total. The summed E-state index contributed by atoms with van der Waals surface area (Å²) in [6.45, 7) is 3.80. The first kappa shape index (κ1) is 15.6. The van der Waals surface area contributed by atoms with Crippen molar-refractivity contribution in [3.8, 4) is 11.3 Å². The highest BCUT2D eigenvalue weighted by Gasteiger charge is 2.12. The minimum absolute atomic E-state index is 0.256. The molecule has 2 aromatic heterocycles. The van der Waals surface area contributed by atoms with Crippen molar-refractivity contribution in [2.75, 3.05) is 5.32 Å². The molecule has 1 amide bonds.